The molecule has 1 aliphatic heterocycles. The maximum atomic E-state index is 12.6. The standard InChI is InChI=1S/C16H22ClN3O2/c1-4-11-9-12(17)5-6-13(11)19-16(22)20-8-7-18-15(21)14(20)10(2)3/h5-6,9-10,14H,4,7-8H2,1-3H3,(H,18,21)(H,19,22)/t14-/m0/s1. The van der Waals surface area contributed by atoms with Gasteiger partial charge in [0.1, 0.15) is 6.04 Å². The van der Waals surface area contributed by atoms with E-state index in [0.717, 1.165) is 17.7 Å². The van der Waals surface area contributed by atoms with Crippen LogP contribution in [0.15, 0.2) is 18.2 Å². The molecule has 0 aromatic heterocycles. The van der Waals surface area contributed by atoms with E-state index in [4.69, 9.17) is 11.6 Å². The minimum Gasteiger partial charge on any atom is -0.353 e. The minimum atomic E-state index is -0.439. The van der Waals surface area contributed by atoms with Crippen LogP contribution in [0.3, 0.4) is 0 Å². The van der Waals surface area contributed by atoms with Gasteiger partial charge in [0.15, 0.2) is 0 Å². The molecule has 1 aliphatic rings. The highest BCUT2D eigenvalue weighted by atomic mass is 35.5. The van der Waals surface area contributed by atoms with Gasteiger partial charge in [-0.05, 0) is 36.1 Å². The number of rotatable bonds is 3. The highest BCUT2D eigenvalue weighted by Gasteiger charge is 2.35. The molecule has 1 aromatic carbocycles. The van der Waals surface area contributed by atoms with Gasteiger partial charge < -0.3 is 15.5 Å². The molecule has 0 bridgehead atoms. The topological polar surface area (TPSA) is 61.4 Å². The molecule has 1 atom stereocenters. The quantitative estimate of drug-likeness (QED) is 0.898. The van der Waals surface area contributed by atoms with Gasteiger partial charge in [-0.15, -0.1) is 0 Å². The van der Waals surface area contributed by atoms with Crippen molar-refractivity contribution in [2.45, 2.75) is 33.2 Å². The summed E-state index contributed by atoms with van der Waals surface area (Å²) >= 11 is 5.99. The fraction of sp³-hybridized carbons (Fsp3) is 0.500. The molecule has 1 aromatic rings. The van der Waals surface area contributed by atoms with Crippen LogP contribution < -0.4 is 10.6 Å². The van der Waals surface area contributed by atoms with Crippen molar-refractivity contribution in [3.05, 3.63) is 28.8 Å². The third kappa shape index (κ3) is 3.53. The fourth-order valence-corrected chi connectivity index (χ4v) is 2.93. The molecule has 120 valence electrons. The van der Waals surface area contributed by atoms with Crippen LogP contribution in [-0.4, -0.2) is 36.0 Å². The predicted octanol–water partition coefficient (Wildman–Crippen LogP) is 2.89. The van der Waals surface area contributed by atoms with Crippen molar-refractivity contribution < 1.29 is 9.59 Å². The molecule has 5 nitrogen and oxygen atoms in total. The van der Waals surface area contributed by atoms with Crippen molar-refractivity contribution in [1.29, 1.82) is 0 Å². The number of nitrogens with one attached hydrogen (secondary N) is 2. The number of halogens is 1. The van der Waals surface area contributed by atoms with Crippen LogP contribution in [0.25, 0.3) is 0 Å². The van der Waals surface area contributed by atoms with Crippen molar-refractivity contribution in [2.75, 3.05) is 18.4 Å². The number of hydrogen-bond acceptors (Lipinski definition) is 2. The first-order valence-electron chi connectivity index (χ1n) is 7.57. The summed E-state index contributed by atoms with van der Waals surface area (Å²) in [7, 11) is 0. The monoisotopic (exact) mass is 323 g/mol. The average molecular weight is 324 g/mol. The Morgan fingerprint density at radius 2 is 2.23 bits per heavy atom. The van der Waals surface area contributed by atoms with Crippen molar-refractivity contribution in [2.24, 2.45) is 5.92 Å². The zero-order valence-corrected chi connectivity index (χ0v) is 13.9. The zero-order valence-electron chi connectivity index (χ0n) is 13.1. The van der Waals surface area contributed by atoms with Crippen molar-refractivity contribution in [3.8, 4) is 0 Å². The molecule has 1 saturated heterocycles. The van der Waals surface area contributed by atoms with E-state index in [-0.39, 0.29) is 17.9 Å². The van der Waals surface area contributed by atoms with Gasteiger partial charge in [0.05, 0.1) is 0 Å². The van der Waals surface area contributed by atoms with Gasteiger partial charge in [-0.2, -0.15) is 0 Å². The number of carbonyl (C=O) groups is 2. The number of piperazine rings is 1. The molecule has 6 heteroatoms. The summed E-state index contributed by atoms with van der Waals surface area (Å²) in [6.45, 7) is 6.88. The summed E-state index contributed by atoms with van der Waals surface area (Å²) in [5, 5.41) is 6.37. The fourth-order valence-electron chi connectivity index (χ4n) is 2.74. The Bertz CT molecular complexity index is 575. The van der Waals surface area contributed by atoms with E-state index < -0.39 is 6.04 Å². The number of amides is 3. The number of urea groups is 1. The van der Waals surface area contributed by atoms with Gasteiger partial charge in [0.2, 0.25) is 5.91 Å². The lowest BCUT2D eigenvalue weighted by molar-refractivity contribution is -0.129. The van der Waals surface area contributed by atoms with Gasteiger partial charge in [-0.3, -0.25) is 4.79 Å². The van der Waals surface area contributed by atoms with Gasteiger partial charge in [-0.25, -0.2) is 4.79 Å². The first-order valence-corrected chi connectivity index (χ1v) is 7.95. The molecule has 1 fully saturated rings. The van der Waals surface area contributed by atoms with E-state index in [1.165, 1.54) is 0 Å². The van der Waals surface area contributed by atoms with Gasteiger partial charge in [-0.1, -0.05) is 32.4 Å². The van der Waals surface area contributed by atoms with Crippen LogP contribution in [0.1, 0.15) is 26.3 Å². The Kier molecular flexibility index (Phi) is 5.29. The molecule has 22 heavy (non-hydrogen) atoms. The lowest BCUT2D eigenvalue weighted by Gasteiger charge is -2.37. The van der Waals surface area contributed by atoms with E-state index in [2.05, 4.69) is 10.6 Å². The summed E-state index contributed by atoms with van der Waals surface area (Å²) in [5.41, 5.74) is 1.72. The summed E-state index contributed by atoms with van der Waals surface area (Å²) in [4.78, 5) is 26.2. The Morgan fingerprint density at radius 1 is 1.50 bits per heavy atom. The normalized spacial score (nSPS) is 18.3. The predicted molar refractivity (Wildman–Crippen MR) is 88.2 cm³/mol. The Morgan fingerprint density at radius 3 is 2.86 bits per heavy atom. The second-order valence-electron chi connectivity index (χ2n) is 5.76. The molecule has 0 unspecified atom stereocenters. The number of anilines is 1. The first kappa shape index (κ1) is 16.6. The Balaban J connectivity index is 2.19. The third-order valence-corrected chi connectivity index (χ3v) is 4.07. The van der Waals surface area contributed by atoms with Crippen molar-refractivity contribution in [3.63, 3.8) is 0 Å². The molecule has 1 heterocycles. The van der Waals surface area contributed by atoms with Crippen LogP contribution in [0.5, 0.6) is 0 Å². The Labute approximate surface area is 136 Å². The van der Waals surface area contributed by atoms with Crippen LogP contribution in [0.2, 0.25) is 5.02 Å². The van der Waals surface area contributed by atoms with Gasteiger partial charge in [0, 0.05) is 23.8 Å². The molecule has 3 amide bonds. The largest absolute Gasteiger partial charge is 0.353 e. The molecular weight excluding hydrogens is 302 g/mol. The smallest absolute Gasteiger partial charge is 0.322 e. The van der Waals surface area contributed by atoms with E-state index >= 15 is 0 Å². The average Bonchev–Trinajstić information content (AvgIpc) is 2.48. The van der Waals surface area contributed by atoms with Gasteiger partial charge in [0.25, 0.3) is 0 Å². The second kappa shape index (κ2) is 7.01. The van der Waals surface area contributed by atoms with Crippen molar-refractivity contribution >= 4 is 29.2 Å². The molecule has 2 rings (SSSR count). The summed E-state index contributed by atoms with van der Waals surface area (Å²) in [6.07, 6.45) is 0.768. The number of hydrogen-bond donors (Lipinski definition) is 2. The van der Waals surface area contributed by atoms with Gasteiger partial charge >= 0.3 is 6.03 Å². The molecule has 0 spiro atoms. The highest BCUT2D eigenvalue weighted by molar-refractivity contribution is 6.30. The lowest BCUT2D eigenvalue weighted by atomic mass is 10.00. The highest BCUT2D eigenvalue weighted by Crippen LogP contribution is 2.23. The molecular formula is C16H22ClN3O2. The van der Waals surface area contributed by atoms with E-state index in [9.17, 15) is 9.59 Å². The molecule has 0 saturated carbocycles. The summed E-state index contributed by atoms with van der Waals surface area (Å²) in [5.74, 6) is -0.0369. The molecule has 0 aliphatic carbocycles. The SMILES string of the molecule is CCc1cc(Cl)ccc1NC(=O)N1CCNC(=O)[C@@H]1C(C)C. The third-order valence-electron chi connectivity index (χ3n) is 3.84. The maximum Gasteiger partial charge on any atom is 0.322 e. The van der Waals surface area contributed by atoms with Crippen LogP contribution in [0, 0.1) is 5.92 Å². The number of aryl methyl sites for hydroxylation is 1. The lowest BCUT2D eigenvalue weighted by Crippen LogP contribution is -2.60. The van der Waals surface area contributed by atoms with Crippen LogP contribution in [-0.2, 0) is 11.2 Å². The van der Waals surface area contributed by atoms with Crippen LogP contribution >= 0.6 is 11.6 Å². The molecule has 2 N–H and O–H groups in total. The maximum absolute atomic E-state index is 12.6. The number of nitrogens with zero attached hydrogens (tertiary/aromatic N) is 1. The number of benzene rings is 1. The van der Waals surface area contributed by atoms with E-state index in [1.807, 2.05) is 26.8 Å². The minimum absolute atomic E-state index is 0.0573. The van der Waals surface area contributed by atoms with Crippen molar-refractivity contribution in [1.82, 2.24) is 10.2 Å². The first-order chi connectivity index (χ1) is 10.4. The van der Waals surface area contributed by atoms with Crippen LogP contribution in [0.4, 0.5) is 10.5 Å². The number of carbonyl (C=O) groups excluding carboxylic acids is 2. The summed E-state index contributed by atoms with van der Waals surface area (Å²) < 4.78 is 0. The Hall–Kier alpha value is -1.75. The zero-order chi connectivity index (χ0) is 16.3. The van der Waals surface area contributed by atoms with E-state index in [0.29, 0.717) is 18.1 Å². The van der Waals surface area contributed by atoms with E-state index in [1.54, 1.807) is 17.0 Å². The summed E-state index contributed by atoms with van der Waals surface area (Å²) in [6, 6.07) is 4.71. The molecule has 0 radical (unpaired) electrons. The second-order valence-corrected chi connectivity index (χ2v) is 6.19.